The maximum Gasteiger partial charge on any atom is 0.416 e. The third-order valence-electron chi connectivity index (χ3n) is 8.70. The molecule has 0 aliphatic carbocycles. The van der Waals surface area contributed by atoms with E-state index in [0.717, 1.165) is 54.5 Å². The molecule has 2 saturated heterocycles. The first-order chi connectivity index (χ1) is 21.9. The first-order valence-corrected chi connectivity index (χ1v) is 16.9. The van der Waals surface area contributed by atoms with Crippen LogP contribution in [-0.4, -0.2) is 78.3 Å². The van der Waals surface area contributed by atoms with Crippen LogP contribution in [0.15, 0.2) is 59.5 Å². The van der Waals surface area contributed by atoms with Crippen molar-refractivity contribution in [3.63, 3.8) is 0 Å². The van der Waals surface area contributed by atoms with E-state index in [1.54, 1.807) is 6.07 Å². The van der Waals surface area contributed by atoms with Crippen LogP contribution in [0.3, 0.4) is 0 Å². The number of anilines is 1. The Kier molecular flexibility index (Phi) is 10.3. The topological polar surface area (TPSA) is 98.7 Å². The van der Waals surface area contributed by atoms with E-state index in [1.807, 2.05) is 4.90 Å². The number of sulfonamides is 1. The molecule has 0 spiro atoms. The zero-order valence-corrected chi connectivity index (χ0v) is 26.6. The fourth-order valence-corrected chi connectivity index (χ4v) is 7.77. The van der Waals surface area contributed by atoms with Gasteiger partial charge in [-0.3, -0.25) is 9.69 Å². The van der Waals surface area contributed by atoms with E-state index in [-0.39, 0.29) is 18.0 Å². The monoisotopic (exact) mass is 662 g/mol. The van der Waals surface area contributed by atoms with Crippen LogP contribution in [0.25, 0.3) is 11.3 Å². The molecule has 2 fully saturated rings. The molecular formula is C32H38F4N6O3S. The highest BCUT2D eigenvalue weighted by Crippen LogP contribution is 2.31. The Balaban J connectivity index is 1.36. The third kappa shape index (κ3) is 7.50. The largest absolute Gasteiger partial charge is 0.416 e. The molecule has 248 valence electrons. The van der Waals surface area contributed by atoms with Crippen molar-refractivity contribution in [3.05, 3.63) is 71.7 Å². The lowest BCUT2D eigenvalue weighted by molar-refractivity contribution is -0.137. The Morgan fingerprint density at radius 2 is 1.61 bits per heavy atom. The van der Waals surface area contributed by atoms with Gasteiger partial charge in [0.2, 0.25) is 21.9 Å². The SMILES string of the molecule is CCC(CC)N1CCN(c2nc(CNC(=O)[C@@H]3CCCN3S(=O)(=O)c3ccc(F)cc3)cc(-c3ccc(C(F)(F)F)cc3)n2)CC1. The quantitative estimate of drug-likeness (QED) is 0.303. The Hall–Kier alpha value is -3.62. The summed E-state index contributed by atoms with van der Waals surface area (Å²) in [6.45, 7) is 7.39. The number of piperazine rings is 1. The molecule has 2 aliphatic heterocycles. The first-order valence-electron chi connectivity index (χ1n) is 15.5. The average Bonchev–Trinajstić information content (AvgIpc) is 3.56. The van der Waals surface area contributed by atoms with Gasteiger partial charge in [-0.1, -0.05) is 26.0 Å². The van der Waals surface area contributed by atoms with Gasteiger partial charge in [-0.25, -0.2) is 22.8 Å². The number of halogens is 4. The number of nitrogens with one attached hydrogen (secondary N) is 1. The van der Waals surface area contributed by atoms with Crippen LogP contribution in [0.1, 0.15) is 50.8 Å². The van der Waals surface area contributed by atoms with Crippen molar-refractivity contribution in [2.75, 3.05) is 37.6 Å². The number of carbonyl (C=O) groups excluding carboxylic acids is 1. The van der Waals surface area contributed by atoms with Crippen molar-refractivity contribution >= 4 is 21.9 Å². The Morgan fingerprint density at radius 3 is 2.22 bits per heavy atom. The van der Waals surface area contributed by atoms with Crippen molar-refractivity contribution in [3.8, 4) is 11.3 Å². The van der Waals surface area contributed by atoms with E-state index in [2.05, 4.69) is 24.1 Å². The molecule has 3 heterocycles. The molecule has 46 heavy (non-hydrogen) atoms. The summed E-state index contributed by atoms with van der Waals surface area (Å²) >= 11 is 0. The average molecular weight is 663 g/mol. The Labute approximate surface area is 266 Å². The van der Waals surface area contributed by atoms with Crippen molar-refractivity contribution in [2.45, 2.75) is 69.2 Å². The summed E-state index contributed by atoms with van der Waals surface area (Å²) in [5, 5.41) is 2.81. The first kappa shape index (κ1) is 33.7. The standard InChI is InChI=1S/C32H38F4N6O3S/c1-3-26(4-2)40-16-18-41(19-17-40)31-38-25(20-28(39-31)22-7-9-23(10-8-22)32(34,35)36)21-37-30(43)29-6-5-15-42(29)46(44,45)27-13-11-24(33)12-14-27/h7-14,20,26,29H,3-6,15-19,21H2,1-2H3,(H,37,43)/t29-/m0/s1. The molecule has 1 N–H and O–H groups in total. The van der Waals surface area contributed by atoms with Gasteiger partial charge in [0.25, 0.3) is 0 Å². The predicted octanol–water partition coefficient (Wildman–Crippen LogP) is 5.08. The van der Waals surface area contributed by atoms with Crippen LogP contribution in [0, 0.1) is 5.82 Å². The molecule has 0 saturated carbocycles. The van der Waals surface area contributed by atoms with Crippen molar-refractivity contribution in [2.24, 2.45) is 0 Å². The van der Waals surface area contributed by atoms with Crippen molar-refractivity contribution in [1.82, 2.24) is 24.5 Å². The van der Waals surface area contributed by atoms with Crippen LogP contribution in [0.4, 0.5) is 23.5 Å². The molecule has 1 atom stereocenters. The maximum atomic E-state index is 13.4. The number of rotatable bonds is 10. The van der Waals surface area contributed by atoms with Crippen LogP contribution < -0.4 is 10.2 Å². The van der Waals surface area contributed by atoms with Crippen molar-refractivity contribution in [1.29, 1.82) is 0 Å². The molecule has 0 bridgehead atoms. The highest BCUT2D eigenvalue weighted by Gasteiger charge is 2.39. The van der Waals surface area contributed by atoms with Gasteiger partial charge in [0.05, 0.1) is 28.4 Å². The number of benzene rings is 2. The number of aromatic nitrogens is 2. The van der Waals surface area contributed by atoms with Gasteiger partial charge < -0.3 is 10.2 Å². The van der Waals surface area contributed by atoms with Gasteiger partial charge >= 0.3 is 6.18 Å². The van der Waals surface area contributed by atoms with E-state index < -0.39 is 39.5 Å². The summed E-state index contributed by atoms with van der Waals surface area (Å²) < 4.78 is 80.7. The molecule has 1 amide bonds. The molecule has 2 aliphatic rings. The summed E-state index contributed by atoms with van der Waals surface area (Å²) in [6, 6.07) is 10.3. The van der Waals surface area contributed by atoms with Gasteiger partial charge in [0.15, 0.2) is 0 Å². The molecule has 9 nitrogen and oxygen atoms in total. The summed E-state index contributed by atoms with van der Waals surface area (Å²) in [4.78, 5) is 27.1. The van der Waals surface area contributed by atoms with E-state index in [4.69, 9.17) is 9.97 Å². The normalized spacial score (nSPS) is 18.3. The second kappa shape index (κ2) is 14.0. The van der Waals surface area contributed by atoms with Crippen LogP contribution >= 0.6 is 0 Å². The second-order valence-electron chi connectivity index (χ2n) is 11.6. The predicted molar refractivity (Wildman–Crippen MR) is 166 cm³/mol. The van der Waals surface area contributed by atoms with E-state index in [1.165, 1.54) is 24.3 Å². The van der Waals surface area contributed by atoms with Gasteiger partial charge in [-0.15, -0.1) is 0 Å². The zero-order chi connectivity index (χ0) is 33.1. The highest BCUT2D eigenvalue weighted by molar-refractivity contribution is 7.89. The van der Waals surface area contributed by atoms with Crippen LogP contribution in [-0.2, 0) is 27.5 Å². The number of carbonyl (C=O) groups is 1. The Bertz CT molecular complexity index is 1610. The number of amides is 1. The van der Waals surface area contributed by atoms with Crippen LogP contribution in [0.2, 0.25) is 0 Å². The molecule has 1 aromatic heterocycles. The fourth-order valence-electron chi connectivity index (χ4n) is 6.11. The summed E-state index contributed by atoms with van der Waals surface area (Å²) in [5.74, 6) is -0.659. The van der Waals surface area contributed by atoms with E-state index >= 15 is 0 Å². The van der Waals surface area contributed by atoms with Crippen molar-refractivity contribution < 1.29 is 30.8 Å². The number of hydrogen-bond donors (Lipinski definition) is 1. The smallest absolute Gasteiger partial charge is 0.349 e. The van der Waals surface area contributed by atoms with Crippen LogP contribution in [0.5, 0.6) is 0 Å². The third-order valence-corrected chi connectivity index (χ3v) is 10.6. The van der Waals surface area contributed by atoms with Gasteiger partial charge in [0.1, 0.15) is 11.9 Å². The molecule has 3 aromatic rings. The maximum absolute atomic E-state index is 13.4. The minimum atomic E-state index is -4.47. The molecular weight excluding hydrogens is 624 g/mol. The molecule has 2 aromatic carbocycles. The summed E-state index contributed by atoms with van der Waals surface area (Å²) in [6.07, 6.45) is -1.58. The minimum Gasteiger partial charge on any atom is -0.349 e. The summed E-state index contributed by atoms with van der Waals surface area (Å²) in [5.41, 5.74) is 0.535. The summed E-state index contributed by atoms with van der Waals surface area (Å²) in [7, 11) is -4.04. The molecule has 14 heteroatoms. The fraction of sp³-hybridized carbons (Fsp3) is 0.469. The highest BCUT2D eigenvalue weighted by atomic mass is 32.2. The Morgan fingerprint density at radius 1 is 0.957 bits per heavy atom. The lowest BCUT2D eigenvalue weighted by atomic mass is 10.1. The number of nitrogens with zero attached hydrogens (tertiary/aromatic N) is 5. The van der Waals surface area contributed by atoms with Gasteiger partial charge in [0, 0.05) is 44.3 Å². The lowest BCUT2D eigenvalue weighted by Crippen LogP contribution is -2.50. The lowest BCUT2D eigenvalue weighted by Gasteiger charge is -2.39. The van der Waals surface area contributed by atoms with E-state index in [0.29, 0.717) is 54.9 Å². The van der Waals surface area contributed by atoms with Gasteiger partial charge in [-0.05, 0) is 68.1 Å². The second-order valence-corrected chi connectivity index (χ2v) is 13.4. The number of alkyl halides is 3. The van der Waals surface area contributed by atoms with Gasteiger partial charge in [-0.2, -0.15) is 17.5 Å². The zero-order valence-electron chi connectivity index (χ0n) is 25.8. The molecule has 0 unspecified atom stereocenters. The van der Waals surface area contributed by atoms with E-state index in [9.17, 15) is 30.8 Å². The molecule has 5 rings (SSSR count). The number of hydrogen-bond acceptors (Lipinski definition) is 7. The molecule has 0 radical (unpaired) electrons. The minimum absolute atomic E-state index is 0.0450.